The molecule has 0 aromatic carbocycles. The Morgan fingerprint density at radius 1 is 1.54 bits per heavy atom. The molecule has 0 unspecified atom stereocenters. The van der Waals surface area contributed by atoms with Gasteiger partial charge in [0.05, 0.1) is 6.54 Å². The van der Waals surface area contributed by atoms with E-state index in [2.05, 4.69) is 6.58 Å². The zero-order valence-corrected chi connectivity index (χ0v) is 8.45. The third-order valence-electron chi connectivity index (χ3n) is 1.69. The van der Waals surface area contributed by atoms with Gasteiger partial charge in [0.2, 0.25) is 5.91 Å². The molecule has 0 fully saturated rings. The van der Waals surface area contributed by atoms with Crippen LogP contribution in [0.1, 0.15) is 6.92 Å². The van der Waals surface area contributed by atoms with Crippen molar-refractivity contribution in [1.29, 1.82) is 0 Å². The van der Waals surface area contributed by atoms with E-state index in [0.717, 1.165) is 0 Å². The van der Waals surface area contributed by atoms with E-state index >= 15 is 0 Å². The molecule has 0 heterocycles. The summed E-state index contributed by atoms with van der Waals surface area (Å²) in [5.74, 6) is -0.0148. The average Bonchev–Trinajstić information content (AvgIpc) is 2.11. The summed E-state index contributed by atoms with van der Waals surface area (Å²) in [5.41, 5.74) is 0. The Hall–Kier alpha value is -0.870. The number of carbonyl (C=O) groups is 1. The van der Waals surface area contributed by atoms with Crippen molar-refractivity contribution < 1.29 is 14.3 Å². The van der Waals surface area contributed by atoms with E-state index in [1.165, 1.54) is 6.92 Å². The minimum absolute atomic E-state index is 0.0148. The number of rotatable bonds is 6. The molecule has 0 aliphatic heterocycles. The zero-order valence-electron chi connectivity index (χ0n) is 8.45. The summed E-state index contributed by atoms with van der Waals surface area (Å²) >= 11 is 0. The predicted octanol–water partition coefficient (Wildman–Crippen LogP) is 0.640. The second kappa shape index (κ2) is 6.62. The molecule has 4 heteroatoms. The summed E-state index contributed by atoms with van der Waals surface area (Å²) in [6, 6.07) is 0. The van der Waals surface area contributed by atoms with Crippen molar-refractivity contribution >= 4 is 5.91 Å². The molecule has 4 nitrogen and oxygen atoms in total. The van der Waals surface area contributed by atoms with Gasteiger partial charge in [0, 0.05) is 27.7 Å². The number of carbonyl (C=O) groups excluding carboxylic acids is 1. The molecule has 76 valence electrons. The van der Waals surface area contributed by atoms with Gasteiger partial charge in [0.1, 0.15) is 0 Å². The van der Waals surface area contributed by atoms with Crippen LogP contribution in [-0.2, 0) is 14.3 Å². The molecule has 0 saturated carbocycles. The van der Waals surface area contributed by atoms with Crippen LogP contribution in [-0.4, -0.2) is 44.4 Å². The Bertz CT molecular complexity index is 166. The molecular formula is C9H17NO3. The molecule has 1 amide bonds. The molecule has 0 atom stereocenters. The highest BCUT2D eigenvalue weighted by Crippen LogP contribution is 1.97. The molecule has 0 rings (SSSR count). The van der Waals surface area contributed by atoms with Gasteiger partial charge in [-0.05, 0) is 0 Å². The first-order valence-electron chi connectivity index (χ1n) is 4.07. The van der Waals surface area contributed by atoms with Crippen molar-refractivity contribution in [1.82, 2.24) is 4.90 Å². The van der Waals surface area contributed by atoms with Gasteiger partial charge in [-0.1, -0.05) is 6.08 Å². The molecule has 0 aromatic rings. The molecule has 0 aliphatic rings. The van der Waals surface area contributed by atoms with E-state index in [4.69, 9.17) is 9.47 Å². The van der Waals surface area contributed by atoms with Crippen LogP contribution in [0.4, 0.5) is 0 Å². The van der Waals surface area contributed by atoms with Gasteiger partial charge in [0.25, 0.3) is 0 Å². The minimum atomic E-state index is -0.371. The fourth-order valence-corrected chi connectivity index (χ4v) is 0.913. The lowest BCUT2D eigenvalue weighted by atomic mass is 10.4. The molecule has 0 N–H and O–H groups in total. The normalized spacial score (nSPS) is 10.2. The van der Waals surface area contributed by atoms with Crippen molar-refractivity contribution in [2.45, 2.75) is 13.2 Å². The molecule has 0 bridgehead atoms. The van der Waals surface area contributed by atoms with Gasteiger partial charge in [-0.25, -0.2) is 0 Å². The first-order chi connectivity index (χ1) is 6.15. The molecule has 0 radical (unpaired) electrons. The quantitative estimate of drug-likeness (QED) is 0.452. The topological polar surface area (TPSA) is 38.8 Å². The zero-order chi connectivity index (χ0) is 10.3. The fraction of sp³-hybridized carbons (Fsp3) is 0.667. The Balaban J connectivity index is 4.06. The standard InChI is InChI=1S/C9H17NO3/c1-5-6-10(8(2)11)7-9(12-3)13-4/h5,9H,1,6-7H2,2-4H3. The highest BCUT2D eigenvalue weighted by atomic mass is 16.7. The van der Waals surface area contributed by atoms with Crippen LogP contribution in [0, 0.1) is 0 Å². The fourth-order valence-electron chi connectivity index (χ4n) is 0.913. The summed E-state index contributed by atoms with van der Waals surface area (Å²) in [4.78, 5) is 12.7. The lowest BCUT2D eigenvalue weighted by Crippen LogP contribution is -2.37. The molecule has 0 aromatic heterocycles. The van der Waals surface area contributed by atoms with Gasteiger partial charge in [0.15, 0.2) is 6.29 Å². The van der Waals surface area contributed by atoms with E-state index in [1.54, 1.807) is 25.2 Å². The SMILES string of the molecule is C=CCN(CC(OC)OC)C(C)=O. The van der Waals surface area contributed by atoms with Gasteiger partial charge >= 0.3 is 0 Å². The van der Waals surface area contributed by atoms with Gasteiger partial charge in [-0.3, -0.25) is 4.79 Å². The Morgan fingerprint density at radius 3 is 2.38 bits per heavy atom. The maximum absolute atomic E-state index is 11.1. The maximum atomic E-state index is 11.1. The Labute approximate surface area is 79.1 Å². The second-order valence-electron chi connectivity index (χ2n) is 2.61. The van der Waals surface area contributed by atoms with Crippen LogP contribution in [0.15, 0.2) is 12.7 Å². The van der Waals surface area contributed by atoms with Crippen LogP contribution in [0.2, 0.25) is 0 Å². The lowest BCUT2D eigenvalue weighted by Gasteiger charge is -2.23. The highest BCUT2D eigenvalue weighted by molar-refractivity contribution is 5.73. The molecule has 0 saturated heterocycles. The average molecular weight is 187 g/mol. The van der Waals surface area contributed by atoms with Gasteiger partial charge < -0.3 is 14.4 Å². The van der Waals surface area contributed by atoms with E-state index in [9.17, 15) is 4.79 Å². The maximum Gasteiger partial charge on any atom is 0.219 e. The number of hydrogen-bond donors (Lipinski definition) is 0. The van der Waals surface area contributed by atoms with Crippen molar-refractivity contribution in [2.75, 3.05) is 27.3 Å². The number of hydrogen-bond acceptors (Lipinski definition) is 3. The van der Waals surface area contributed by atoms with E-state index in [-0.39, 0.29) is 12.2 Å². The van der Waals surface area contributed by atoms with Crippen LogP contribution >= 0.6 is 0 Å². The third-order valence-corrected chi connectivity index (χ3v) is 1.69. The van der Waals surface area contributed by atoms with Crippen LogP contribution in [0.25, 0.3) is 0 Å². The van der Waals surface area contributed by atoms with Crippen molar-refractivity contribution in [3.63, 3.8) is 0 Å². The minimum Gasteiger partial charge on any atom is -0.354 e. The molecule has 0 spiro atoms. The predicted molar refractivity (Wildman–Crippen MR) is 50.3 cm³/mol. The van der Waals surface area contributed by atoms with E-state index < -0.39 is 0 Å². The van der Waals surface area contributed by atoms with E-state index in [1.807, 2.05) is 0 Å². The van der Waals surface area contributed by atoms with Crippen LogP contribution < -0.4 is 0 Å². The summed E-state index contributed by atoms with van der Waals surface area (Å²) in [6.45, 7) is 6.01. The Morgan fingerprint density at radius 2 is 2.08 bits per heavy atom. The number of amides is 1. The number of ether oxygens (including phenoxy) is 2. The van der Waals surface area contributed by atoms with Crippen molar-refractivity contribution in [2.24, 2.45) is 0 Å². The largest absolute Gasteiger partial charge is 0.354 e. The molecule has 13 heavy (non-hydrogen) atoms. The summed E-state index contributed by atoms with van der Waals surface area (Å²) < 4.78 is 9.95. The summed E-state index contributed by atoms with van der Waals surface area (Å²) in [5, 5.41) is 0. The first kappa shape index (κ1) is 12.1. The number of methoxy groups -OCH3 is 2. The second-order valence-corrected chi connectivity index (χ2v) is 2.61. The lowest BCUT2D eigenvalue weighted by molar-refractivity contribution is -0.142. The smallest absolute Gasteiger partial charge is 0.219 e. The van der Waals surface area contributed by atoms with E-state index in [0.29, 0.717) is 13.1 Å². The Kier molecular flexibility index (Phi) is 6.18. The summed E-state index contributed by atoms with van der Waals surface area (Å²) in [6.07, 6.45) is 1.30. The monoisotopic (exact) mass is 187 g/mol. The van der Waals surface area contributed by atoms with Gasteiger partial charge in [-0.2, -0.15) is 0 Å². The van der Waals surface area contributed by atoms with Gasteiger partial charge in [-0.15, -0.1) is 6.58 Å². The van der Waals surface area contributed by atoms with Crippen molar-refractivity contribution in [3.05, 3.63) is 12.7 Å². The molecule has 0 aliphatic carbocycles. The summed E-state index contributed by atoms with van der Waals surface area (Å²) in [7, 11) is 3.08. The third kappa shape index (κ3) is 4.65. The first-order valence-corrected chi connectivity index (χ1v) is 4.07. The highest BCUT2D eigenvalue weighted by Gasteiger charge is 2.13. The van der Waals surface area contributed by atoms with Crippen molar-refractivity contribution in [3.8, 4) is 0 Å². The number of nitrogens with zero attached hydrogens (tertiary/aromatic N) is 1. The molecular weight excluding hydrogens is 170 g/mol. The van der Waals surface area contributed by atoms with Crippen LogP contribution in [0.5, 0.6) is 0 Å². The van der Waals surface area contributed by atoms with Crippen LogP contribution in [0.3, 0.4) is 0 Å².